The molecule has 3 N–H and O–H groups in total. The summed E-state index contributed by atoms with van der Waals surface area (Å²) in [5.41, 5.74) is 7.66. The van der Waals surface area contributed by atoms with Gasteiger partial charge in [0.15, 0.2) is 11.6 Å². The second-order valence-corrected chi connectivity index (χ2v) is 12.8. The van der Waals surface area contributed by atoms with Crippen LogP contribution in [0.3, 0.4) is 0 Å². The predicted octanol–water partition coefficient (Wildman–Crippen LogP) is 6.32. The maximum absolute atomic E-state index is 14.6. The van der Waals surface area contributed by atoms with Crippen molar-refractivity contribution in [3.8, 4) is 23.0 Å². The summed E-state index contributed by atoms with van der Waals surface area (Å²) >= 11 is 7.03. The molecule has 1 heterocycles. The molecule has 0 aromatic heterocycles. The fourth-order valence-electron chi connectivity index (χ4n) is 5.41. The number of aliphatic hydroxyl groups excluding tert-OH is 1. The van der Waals surface area contributed by atoms with Gasteiger partial charge < -0.3 is 28.8 Å². The first-order valence-corrected chi connectivity index (χ1v) is 16.8. The van der Waals surface area contributed by atoms with Crippen LogP contribution in [-0.4, -0.2) is 57.0 Å². The van der Waals surface area contributed by atoms with E-state index in [9.17, 15) is 4.79 Å². The van der Waals surface area contributed by atoms with Crippen LogP contribution < -0.4 is 29.8 Å². The first-order valence-electron chi connectivity index (χ1n) is 15.2. The van der Waals surface area contributed by atoms with Gasteiger partial charge in [0.1, 0.15) is 23.0 Å². The van der Waals surface area contributed by atoms with E-state index < -0.39 is 11.6 Å². The minimum Gasteiger partial charge on any atom is -0.496 e. The van der Waals surface area contributed by atoms with E-state index in [4.69, 9.17) is 33.8 Å². The Balaban J connectivity index is 1.52. The van der Waals surface area contributed by atoms with Gasteiger partial charge in [-0.3, -0.25) is 10.2 Å². The highest BCUT2D eigenvalue weighted by Crippen LogP contribution is 2.43. The van der Waals surface area contributed by atoms with Crippen molar-refractivity contribution in [2.75, 3.05) is 34.5 Å². The van der Waals surface area contributed by atoms with Crippen molar-refractivity contribution in [2.24, 2.45) is 4.99 Å². The molecule has 4 aromatic rings. The number of rotatable bonds is 15. The Morgan fingerprint density at radius 3 is 2.08 bits per heavy atom. The summed E-state index contributed by atoms with van der Waals surface area (Å²) in [5.74, 6) is 2.26. The summed E-state index contributed by atoms with van der Waals surface area (Å²) in [6.45, 7) is 0.643. The summed E-state index contributed by atoms with van der Waals surface area (Å²) < 4.78 is 30.7. The number of methoxy groups -OCH3 is 3. The number of hydrazine groups is 1. The summed E-state index contributed by atoms with van der Waals surface area (Å²) in [5, 5.41) is 9.09. The Bertz CT molecular complexity index is 1690. The number of ether oxygens (including phenoxy) is 5. The average molecular weight is 784 g/mol. The number of hydrogen-bond donors (Lipinski definition) is 3. The molecule has 0 aliphatic carbocycles. The third kappa shape index (κ3) is 8.12. The molecule has 4 aromatic carbocycles. The van der Waals surface area contributed by atoms with Crippen molar-refractivity contribution in [3.63, 3.8) is 0 Å². The van der Waals surface area contributed by atoms with E-state index in [2.05, 4.69) is 42.7 Å². The van der Waals surface area contributed by atoms with E-state index in [1.165, 1.54) is 0 Å². The van der Waals surface area contributed by atoms with Crippen LogP contribution in [-0.2, 0) is 22.5 Å². The SMILES string of the molecule is COc1cc(OC)c(CNNC(=O)[C@@]2(Cc3ccc(Br)cc3)N=C(c3ccc(OCCCO)cc3)O[C@H]2c2ccc(Br)cc2)c(OC)c1. The van der Waals surface area contributed by atoms with E-state index in [0.717, 1.165) is 20.1 Å². The lowest BCUT2D eigenvalue weighted by Crippen LogP contribution is -2.53. The van der Waals surface area contributed by atoms with Gasteiger partial charge in [-0.05, 0) is 59.7 Å². The van der Waals surface area contributed by atoms with E-state index >= 15 is 0 Å². The van der Waals surface area contributed by atoms with Gasteiger partial charge in [-0.1, -0.05) is 56.1 Å². The molecule has 1 amide bonds. The van der Waals surface area contributed by atoms with E-state index in [0.29, 0.717) is 53.1 Å². The zero-order chi connectivity index (χ0) is 34.1. The highest BCUT2D eigenvalue weighted by atomic mass is 79.9. The molecule has 1 aliphatic heterocycles. The van der Waals surface area contributed by atoms with Crippen molar-refractivity contribution in [1.29, 1.82) is 0 Å². The fraction of sp³-hybridized carbons (Fsp3) is 0.278. The standard InChI is InChI=1S/C36H37Br2N3O7/c1-44-29-19-31(45-2)30(32(20-29)46-3)22-39-41-35(43)36(21-23-5-11-26(37)12-6-23)33(24-7-13-27(38)14-8-24)48-34(40-36)25-9-15-28(16-10-25)47-18-4-17-42/h5-16,19-20,33,39,42H,4,17-18,21-22H2,1-3H3,(H,41,43)/t33-,36-/m0/s1. The van der Waals surface area contributed by atoms with Gasteiger partial charge in [0.25, 0.3) is 5.91 Å². The van der Waals surface area contributed by atoms with Gasteiger partial charge in [0, 0.05) is 52.6 Å². The largest absolute Gasteiger partial charge is 0.496 e. The van der Waals surface area contributed by atoms with Gasteiger partial charge in [0.2, 0.25) is 5.90 Å². The zero-order valence-electron chi connectivity index (χ0n) is 26.8. The van der Waals surface area contributed by atoms with Gasteiger partial charge >= 0.3 is 0 Å². The fourth-order valence-corrected chi connectivity index (χ4v) is 5.94. The molecule has 5 rings (SSSR count). The van der Waals surface area contributed by atoms with Crippen molar-refractivity contribution in [1.82, 2.24) is 10.9 Å². The molecule has 10 nitrogen and oxygen atoms in total. The minimum atomic E-state index is -1.41. The summed E-state index contributed by atoms with van der Waals surface area (Å²) in [7, 11) is 4.69. The molecular formula is C36H37Br2N3O7. The van der Waals surface area contributed by atoms with Crippen LogP contribution in [0.4, 0.5) is 0 Å². The van der Waals surface area contributed by atoms with Crippen LogP contribution in [0.15, 0.2) is 98.9 Å². The van der Waals surface area contributed by atoms with E-state index in [1.54, 1.807) is 33.5 Å². The Hall–Kier alpha value is -4.10. The van der Waals surface area contributed by atoms with Crippen LogP contribution in [0.5, 0.6) is 23.0 Å². The lowest BCUT2D eigenvalue weighted by molar-refractivity contribution is -0.130. The van der Waals surface area contributed by atoms with Crippen LogP contribution in [0, 0.1) is 0 Å². The second-order valence-electron chi connectivity index (χ2n) is 11.0. The number of carbonyl (C=O) groups is 1. The molecule has 0 bridgehead atoms. The molecule has 2 atom stereocenters. The zero-order valence-corrected chi connectivity index (χ0v) is 30.0. The molecule has 1 aliphatic rings. The molecule has 0 fully saturated rings. The highest BCUT2D eigenvalue weighted by Gasteiger charge is 2.53. The minimum absolute atomic E-state index is 0.0543. The number of amides is 1. The summed E-state index contributed by atoms with van der Waals surface area (Å²) in [6.07, 6.45) is 0.0125. The Morgan fingerprint density at radius 1 is 0.875 bits per heavy atom. The maximum Gasteiger partial charge on any atom is 0.266 e. The van der Waals surface area contributed by atoms with Gasteiger partial charge in [-0.25, -0.2) is 10.4 Å². The van der Waals surface area contributed by atoms with Gasteiger partial charge in [-0.15, -0.1) is 0 Å². The molecule has 0 saturated carbocycles. The Labute approximate surface area is 296 Å². The maximum atomic E-state index is 14.6. The number of carbonyl (C=O) groups excluding carboxylic acids is 1. The first kappa shape index (κ1) is 35.2. The Kier molecular flexibility index (Phi) is 12.0. The van der Waals surface area contributed by atoms with Crippen molar-refractivity contribution < 1.29 is 33.6 Å². The molecule has 0 spiro atoms. The topological polar surface area (TPSA) is 120 Å². The summed E-state index contributed by atoms with van der Waals surface area (Å²) in [6, 6.07) is 26.3. The number of aliphatic hydroxyl groups is 1. The molecule has 0 unspecified atom stereocenters. The van der Waals surface area contributed by atoms with Gasteiger partial charge in [-0.2, -0.15) is 0 Å². The molecule has 48 heavy (non-hydrogen) atoms. The number of halogens is 2. The van der Waals surface area contributed by atoms with Crippen molar-refractivity contribution >= 4 is 43.7 Å². The van der Waals surface area contributed by atoms with Crippen LogP contribution >= 0.6 is 31.9 Å². The van der Waals surface area contributed by atoms with Crippen LogP contribution in [0.1, 0.15) is 34.8 Å². The highest BCUT2D eigenvalue weighted by molar-refractivity contribution is 9.10. The molecule has 0 saturated heterocycles. The lowest BCUT2D eigenvalue weighted by atomic mass is 9.82. The molecule has 12 heteroatoms. The van der Waals surface area contributed by atoms with E-state index in [1.807, 2.05) is 72.8 Å². The smallest absolute Gasteiger partial charge is 0.266 e. The number of hydrogen-bond acceptors (Lipinski definition) is 9. The van der Waals surface area contributed by atoms with E-state index in [-0.39, 0.29) is 25.5 Å². The van der Waals surface area contributed by atoms with Gasteiger partial charge in [0.05, 0.1) is 33.5 Å². The monoisotopic (exact) mass is 781 g/mol. The number of nitrogens with one attached hydrogen (secondary N) is 2. The van der Waals surface area contributed by atoms with Crippen LogP contribution in [0.25, 0.3) is 0 Å². The van der Waals surface area contributed by atoms with Crippen molar-refractivity contribution in [2.45, 2.75) is 31.0 Å². The molecule has 0 radical (unpaired) electrons. The number of benzene rings is 4. The Morgan fingerprint density at radius 2 is 1.50 bits per heavy atom. The normalized spacial score (nSPS) is 16.9. The third-order valence-corrected chi connectivity index (χ3v) is 8.93. The third-order valence-electron chi connectivity index (χ3n) is 7.87. The molecular weight excluding hydrogens is 746 g/mol. The second kappa shape index (κ2) is 16.3. The summed E-state index contributed by atoms with van der Waals surface area (Å²) in [4.78, 5) is 19.7. The first-order chi connectivity index (χ1) is 23.3. The number of aliphatic imine (C=N–C) groups is 1. The number of nitrogens with zero attached hydrogens (tertiary/aromatic N) is 1. The van der Waals surface area contributed by atoms with Crippen LogP contribution in [0.2, 0.25) is 0 Å². The molecule has 252 valence electrons. The van der Waals surface area contributed by atoms with Crippen molar-refractivity contribution in [3.05, 3.63) is 116 Å². The quantitative estimate of drug-likeness (QED) is 0.0948. The predicted molar refractivity (Wildman–Crippen MR) is 190 cm³/mol. The average Bonchev–Trinajstić information content (AvgIpc) is 3.50. The lowest BCUT2D eigenvalue weighted by Gasteiger charge is -2.31.